The number of thioether (sulfide) groups is 1. The van der Waals surface area contributed by atoms with Gasteiger partial charge in [-0.05, 0) is 31.5 Å². The van der Waals surface area contributed by atoms with Crippen LogP contribution in [-0.4, -0.2) is 23.7 Å². The van der Waals surface area contributed by atoms with Crippen LogP contribution in [0.25, 0.3) is 0 Å². The maximum absolute atomic E-state index is 11.6. The number of imide groups is 1. The molecule has 0 bridgehead atoms. The number of rotatable bonds is 5. The quantitative estimate of drug-likeness (QED) is 0.807. The standard InChI is InChI=1S/C13H16Cl2N2O2S/c1-3-8(2)16-13(19)17-12(18)7-20-11-6-9(14)4-5-10(11)15/h4-6,8H,3,7H2,1-2H3,(H2,16,17,18,19)/t8-/m0/s1. The van der Waals surface area contributed by atoms with E-state index < -0.39 is 6.03 Å². The minimum atomic E-state index is -0.484. The Labute approximate surface area is 132 Å². The van der Waals surface area contributed by atoms with Crippen LogP contribution in [0.5, 0.6) is 0 Å². The lowest BCUT2D eigenvalue weighted by molar-refractivity contribution is -0.117. The van der Waals surface area contributed by atoms with Gasteiger partial charge in [0.15, 0.2) is 0 Å². The van der Waals surface area contributed by atoms with Crippen LogP contribution < -0.4 is 10.6 Å². The zero-order chi connectivity index (χ0) is 15.1. The summed E-state index contributed by atoms with van der Waals surface area (Å²) < 4.78 is 0. The molecule has 3 amide bonds. The number of amides is 3. The highest BCUT2D eigenvalue weighted by atomic mass is 35.5. The lowest BCUT2D eigenvalue weighted by Gasteiger charge is -2.11. The molecule has 0 radical (unpaired) electrons. The van der Waals surface area contributed by atoms with Crippen molar-refractivity contribution in [1.82, 2.24) is 10.6 Å². The SMILES string of the molecule is CC[C@H](C)NC(=O)NC(=O)CSc1cc(Cl)ccc1Cl. The van der Waals surface area contributed by atoms with Gasteiger partial charge in [-0.3, -0.25) is 10.1 Å². The van der Waals surface area contributed by atoms with Gasteiger partial charge in [0.2, 0.25) is 5.91 Å². The van der Waals surface area contributed by atoms with Gasteiger partial charge < -0.3 is 5.32 Å². The molecule has 1 aromatic rings. The molecule has 0 saturated heterocycles. The zero-order valence-corrected chi connectivity index (χ0v) is 13.5. The Morgan fingerprint density at radius 2 is 2.05 bits per heavy atom. The molecule has 0 saturated carbocycles. The third-order valence-corrected chi connectivity index (χ3v) is 4.23. The summed E-state index contributed by atoms with van der Waals surface area (Å²) in [4.78, 5) is 23.8. The molecule has 1 rings (SSSR count). The van der Waals surface area contributed by atoms with E-state index in [-0.39, 0.29) is 17.7 Å². The Balaban J connectivity index is 2.43. The molecule has 20 heavy (non-hydrogen) atoms. The first kappa shape index (κ1) is 17.1. The minimum absolute atomic E-state index is 0.0258. The van der Waals surface area contributed by atoms with Crippen molar-refractivity contribution in [2.24, 2.45) is 0 Å². The molecule has 0 fully saturated rings. The maximum atomic E-state index is 11.6. The van der Waals surface area contributed by atoms with Crippen LogP contribution in [-0.2, 0) is 4.79 Å². The normalized spacial score (nSPS) is 11.8. The Morgan fingerprint density at radius 1 is 1.35 bits per heavy atom. The van der Waals surface area contributed by atoms with Crippen LogP contribution in [0.2, 0.25) is 10.0 Å². The summed E-state index contributed by atoms with van der Waals surface area (Å²) >= 11 is 13.1. The highest BCUT2D eigenvalue weighted by Crippen LogP contribution is 2.29. The van der Waals surface area contributed by atoms with Gasteiger partial charge in [-0.1, -0.05) is 30.1 Å². The lowest BCUT2D eigenvalue weighted by atomic mass is 10.3. The molecule has 0 aliphatic carbocycles. The monoisotopic (exact) mass is 334 g/mol. The van der Waals surface area contributed by atoms with Crippen molar-refractivity contribution >= 4 is 46.9 Å². The number of carbonyl (C=O) groups is 2. The number of benzene rings is 1. The predicted molar refractivity (Wildman–Crippen MR) is 83.6 cm³/mol. The smallest absolute Gasteiger partial charge is 0.321 e. The van der Waals surface area contributed by atoms with Gasteiger partial charge in [-0.2, -0.15) is 0 Å². The summed E-state index contributed by atoms with van der Waals surface area (Å²) in [5.74, 6) is -0.291. The number of hydrogen-bond acceptors (Lipinski definition) is 3. The molecule has 2 N–H and O–H groups in total. The van der Waals surface area contributed by atoms with Crippen LogP contribution in [0.1, 0.15) is 20.3 Å². The molecule has 0 heterocycles. The van der Waals surface area contributed by atoms with Crippen LogP contribution in [0.3, 0.4) is 0 Å². The van der Waals surface area contributed by atoms with E-state index in [1.165, 1.54) is 11.8 Å². The van der Waals surface area contributed by atoms with E-state index in [9.17, 15) is 9.59 Å². The average Bonchev–Trinajstić information content (AvgIpc) is 2.39. The van der Waals surface area contributed by atoms with Gasteiger partial charge in [0, 0.05) is 16.0 Å². The summed E-state index contributed by atoms with van der Waals surface area (Å²) in [5.41, 5.74) is 0. The fourth-order valence-corrected chi connectivity index (χ4v) is 2.55. The van der Waals surface area contributed by atoms with Gasteiger partial charge in [0.05, 0.1) is 10.8 Å². The molecule has 110 valence electrons. The highest BCUT2D eigenvalue weighted by molar-refractivity contribution is 8.00. The Morgan fingerprint density at radius 3 is 2.70 bits per heavy atom. The molecule has 1 atom stereocenters. The first-order chi connectivity index (χ1) is 9.42. The van der Waals surface area contributed by atoms with E-state index in [0.717, 1.165) is 6.42 Å². The molecule has 7 heteroatoms. The fraction of sp³-hybridized carbons (Fsp3) is 0.385. The first-order valence-electron chi connectivity index (χ1n) is 6.10. The molecule has 0 aliphatic heterocycles. The Hall–Kier alpha value is -0.910. The third-order valence-electron chi connectivity index (χ3n) is 2.49. The summed E-state index contributed by atoms with van der Waals surface area (Å²) in [7, 11) is 0. The molecule has 0 unspecified atom stereocenters. The number of carbonyl (C=O) groups excluding carboxylic acids is 2. The molecule has 0 aromatic heterocycles. The van der Waals surface area contributed by atoms with E-state index in [4.69, 9.17) is 23.2 Å². The number of nitrogens with one attached hydrogen (secondary N) is 2. The summed E-state index contributed by atoms with van der Waals surface area (Å²) in [6, 6.07) is 4.56. The summed E-state index contributed by atoms with van der Waals surface area (Å²) in [6.45, 7) is 3.81. The Kier molecular flexibility index (Phi) is 7.19. The largest absolute Gasteiger partial charge is 0.335 e. The van der Waals surface area contributed by atoms with Gasteiger partial charge in [0.25, 0.3) is 0 Å². The van der Waals surface area contributed by atoms with Crippen LogP contribution in [0.4, 0.5) is 4.79 Å². The van der Waals surface area contributed by atoms with Crippen molar-refractivity contribution in [3.8, 4) is 0 Å². The molecule has 0 spiro atoms. The van der Waals surface area contributed by atoms with Crippen LogP contribution in [0.15, 0.2) is 23.1 Å². The van der Waals surface area contributed by atoms with Gasteiger partial charge >= 0.3 is 6.03 Å². The molecule has 0 aliphatic rings. The summed E-state index contributed by atoms with van der Waals surface area (Å²) in [5, 5.41) is 5.99. The van der Waals surface area contributed by atoms with Gasteiger partial charge in [0.1, 0.15) is 0 Å². The van der Waals surface area contributed by atoms with E-state index in [1.54, 1.807) is 18.2 Å². The van der Waals surface area contributed by atoms with Crippen molar-refractivity contribution in [3.05, 3.63) is 28.2 Å². The number of urea groups is 1. The van der Waals surface area contributed by atoms with Crippen molar-refractivity contribution < 1.29 is 9.59 Å². The fourth-order valence-electron chi connectivity index (χ4n) is 1.26. The summed E-state index contributed by atoms with van der Waals surface area (Å²) in [6.07, 6.45) is 0.800. The predicted octanol–water partition coefficient (Wildman–Crippen LogP) is 3.71. The molecular formula is C13H16Cl2N2O2S. The molecule has 1 aromatic carbocycles. The van der Waals surface area contributed by atoms with Crippen molar-refractivity contribution in [3.63, 3.8) is 0 Å². The maximum Gasteiger partial charge on any atom is 0.321 e. The molecule has 4 nitrogen and oxygen atoms in total. The number of hydrogen-bond donors (Lipinski definition) is 2. The van der Waals surface area contributed by atoms with Gasteiger partial charge in [-0.15, -0.1) is 11.8 Å². The van der Waals surface area contributed by atoms with Gasteiger partial charge in [-0.25, -0.2) is 4.79 Å². The minimum Gasteiger partial charge on any atom is -0.335 e. The van der Waals surface area contributed by atoms with Crippen molar-refractivity contribution in [2.75, 3.05) is 5.75 Å². The zero-order valence-electron chi connectivity index (χ0n) is 11.2. The average molecular weight is 335 g/mol. The third kappa shape index (κ3) is 6.03. The van der Waals surface area contributed by atoms with E-state index in [1.807, 2.05) is 13.8 Å². The second kappa shape index (κ2) is 8.39. The van der Waals surface area contributed by atoms with Crippen LogP contribution >= 0.6 is 35.0 Å². The first-order valence-corrected chi connectivity index (χ1v) is 7.84. The highest BCUT2D eigenvalue weighted by Gasteiger charge is 2.11. The van der Waals surface area contributed by atoms with Crippen LogP contribution in [0, 0.1) is 0 Å². The second-order valence-electron chi connectivity index (χ2n) is 4.19. The van der Waals surface area contributed by atoms with E-state index in [0.29, 0.717) is 14.9 Å². The van der Waals surface area contributed by atoms with E-state index >= 15 is 0 Å². The van der Waals surface area contributed by atoms with Crippen molar-refractivity contribution in [2.45, 2.75) is 31.2 Å². The second-order valence-corrected chi connectivity index (χ2v) is 6.06. The topological polar surface area (TPSA) is 58.2 Å². The number of halogens is 2. The lowest BCUT2D eigenvalue weighted by Crippen LogP contribution is -2.43. The molecular weight excluding hydrogens is 319 g/mol. The Bertz CT molecular complexity index is 497. The van der Waals surface area contributed by atoms with Crippen molar-refractivity contribution in [1.29, 1.82) is 0 Å². The van der Waals surface area contributed by atoms with E-state index in [2.05, 4.69) is 10.6 Å².